The van der Waals surface area contributed by atoms with Gasteiger partial charge in [0.05, 0.1) is 7.11 Å². The summed E-state index contributed by atoms with van der Waals surface area (Å²) in [6.45, 7) is 3.06. The van der Waals surface area contributed by atoms with E-state index in [1.807, 2.05) is 24.3 Å². The molecule has 1 aromatic rings. The van der Waals surface area contributed by atoms with Crippen LogP contribution in [0.4, 0.5) is 5.69 Å². The molecule has 112 valence electrons. The van der Waals surface area contributed by atoms with E-state index in [-0.39, 0.29) is 24.0 Å². The van der Waals surface area contributed by atoms with Crippen molar-refractivity contribution in [2.45, 2.75) is 32.6 Å². The minimum atomic E-state index is 0. The maximum Gasteiger partial charge on any atom is 0.193 e. The van der Waals surface area contributed by atoms with E-state index in [1.165, 1.54) is 25.7 Å². The first kappa shape index (κ1) is 17.1. The maximum absolute atomic E-state index is 5.93. The van der Waals surface area contributed by atoms with Gasteiger partial charge in [-0.3, -0.25) is 4.99 Å². The van der Waals surface area contributed by atoms with Crippen LogP contribution in [0.1, 0.15) is 32.6 Å². The fraction of sp³-hybridized carbons (Fsp3) is 0.533. The number of halogens is 1. The molecule has 0 bridgehead atoms. The number of benzene rings is 1. The largest absolute Gasteiger partial charge is 0.497 e. The maximum atomic E-state index is 5.93. The summed E-state index contributed by atoms with van der Waals surface area (Å²) in [4.78, 5) is 4.47. The number of nitrogens with zero attached hydrogens (tertiary/aromatic N) is 1. The van der Waals surface area contributed by atoms with Crippen molar-refractivity contribution in [3.05, 3.63) is 24.3 Å². The minimum Gasteiger partial charge on any atom is -0.497 e. The fourth-order valence-electron chi connectivity index (χ4n) is 2.34. The summed E-state index contributed by atoms with van der Waals surface area (Å²) >= 11 is 0. The van der Waals surface area contributed by atoms with Crippen molar-refractivity contribution < 1.29 is 4.74 Å². The molecule has 20 heavy (non-hydrogen) atoms. The van der Waals surface area contributed by atoms with Crippen LogP contribution < -0.4 is 15.8 Å². The summed E-state index contributed by atoms with van der Waals surface area (Å²) in [5, 5.41) is 3.11. The van der Waals surface area contributed by atoms with Gasteiger partial charge in [0.15, 0.2) is 5.96 Å². The molecular formula is C15H24IN3O. The minimum absolute atomic E-state index is 0. The van der Waals surface area contributed by atoms with Gasteiger partial charge < -0.3 is 15.8 Å². The SMILES string of the molecule is CCCC1(CN=C(N)Nc2cccc(OC)c2)CC1.I. The highest BCUT2D eigenvalue weighted by Gasteiger charge is 2.41. The van der Waals surface area contributed by atoms with Crippen molar-refractivity contribution >= 4 is 35.6 Å². The number of hydrogen-bond donors (Lipinski definition) is 2. The highest BCUT2D eigenvalue weighted by atomic mass is 127. The van der Waals surface area contributed by atoms with Crippen LogP contribution in [0.5, 0.6) is 5.75 Å². The van der Waals surface area contributed by atoms with Gasteiger partial charge in [-0.1, -0.05) is 19.4 Å². The Hall–Kier alpha value is -0.980. The van der Waals surface area contributed by atoms with E-state index in [9.17, 15) is 0 Å². The standard InChI is InChI=1S/C15H23N3O.HI/c1-3-7-15(8-9-15)11-17-14(16)18-12-5-4-6-13(10-12)19-2;/h4-6,10H,3,7-9,11H2,1-2H3,(H3,16,17,18);1H. The van der Waals surface area contributed by atoms with Gasteiger partial charge in [0.1, 0.15) is 5.75 Å². The van der Waals surface area contributed by atoms with E-state index >= 15 is 0 Å². The Kier molecular flexibility index (Phi) is 6.58. The molecule has 4 nitrogen and oxygen atoms in total. The highest BCUT2D eigenvalue weighted by Crippen LogP contribution is 2.49. The Bertz CT molecular complexity index is 458. The first-order valence-electron chi connectivity index (χ1n) is 6.88. The number of rotatable bonds is 6. The normalized spacial score (nSPS) is 16.2. The summed E-state index contributed by atoms with van der Waals surface area (Å²) in [7, 11) is 1.65. The highest BCUT2D eigenvalue weighted by molar-refractivity contribution is 14.0. The quantitative estimate of drug-likeness (QED) is 0.444. The Morgan fingerprint density at radius 3 is 2.80 bits per heavy atom. The topological polar surface area (TPSA) is 59.6 Å². The summed E-state index contributed by atoms with van der Waals surface area (Å²) in [5.41, 5.74) is 7.27. The lowest BCUT2D eigenvalue weighted by atomic mass is 10.0. The molecule has 5 heteroatoms. The van der Waals surface area contributed by atoms with Crippen LogP contribution in [0.15, 0.2) is 29.3 Å². The van der Waals surface area contributed by atoms with Crippen molar-refractivity contribution in [3.8, 4) is 5.75 Å². The van der Waals surface area contributed by atoms with Gasteiger partial charge in [-0.25, -0.2) is 0 Å². The molecule has 0 atom stereocenters. The molecule has 0 heterocycles. The zero-order valence-electron chi connectivity index (χ0n) is 12.2. The van der Waals surface area contributed by atoms with E-state index in [2.05, 4.69) is 17.2 Å². The smallest absolute Gasteiger partial charge is 0.193 e. The van der Waals surface area contributed by atoms with E-state index in [4.69, 9.17) is 10.5 Å². The van der Waals surface area contributed by atoms with Crippen molar-refractivity contribution in [2.24, 2.45) is 16.1 Å². The predicted octanol–water partition coefficient (Wildman–Crippen LogP) is 3.62. The molecule has 1 aliphatic rings. The van der Waals surface area contributed by atoms with Crippen LogP contribution in [-0.2, 0) is 0 Å². The lowest BCUT2D eigenvalue weighted by molar-refractivity contribution is 0.415. The lowest BCUT2D eigenvalue weighted by Gasteiger charge is -2.12. The average Bonchev–Trinajstić information content (AvgIpc) is 3.17. The second kappa shape index (κ2) is 7.71. The molecule has 0 spiro atoms. The molecule has 1 fully saturated rings. The van der Waals surface area contributed by atoms with Gasteiger partial charge in [0.2, 0.25) is 0 Å². The first-order chi connectivity index (χ1) is 9.17. The van der Waals surface area contributed by atoms with Crippen molar-refractivity contribution in [1.82, 2.24) is 0 Å². The number of hydrogen-bond acceptors (Lipinski definition) is 2. The monoisotopic (exact) mass is 389 g/mol. The Morgan fingerprint density at radius 2 is 2.20 bits per heavy atom. The van der Waals surface area contributed by atoms with E-state index in [1.54, 1.807) is 7.11 Å². The number of guanidine groups is 1. The van der Waals surface area contributed by atoms with Gasteiger partial charge in [-0.05, 0) is 36.8 Å². The predicted molar refractivity (Wildman–Crippen MR) is 95.1 cm³/mol. The summed E-state index contributed by atoms with van der Waals surface area (Å²) in [6.07, 6.45) is 5.05. The Morgan fingerprint density at radius 1 is 1.45 bits per heavy atom. The molecule has 0 amide bonds. The van der Waals surface area contributed by atoms with Crippen molar-refractivity contribution in [1.29, 1.82) is 0 Å². The number of ether oxygens (including phenoxy) is 1. The van der Waals surface area contributed by atoms with Crippen LogP contribution >= 0.6 is 24.0 Å². The third kappa shape index (κ3) is 4.85. The van der Waals surface area contributed by atoms with Crippen molar-refractivity contribution in [3.63, 3.8) is 0 Å². The lowest BCUT2D eigenvalue weighted by Crippen LogP contribution is -2.24. The molecule has 0 unspecified atom stereocenters. The van der Waals surface area contributed by atoms with Gasteiger partial charge in [-0.2, -0.15) is 0 Å². The molecule has 1 aliphatic carbocycles. The Labute approximate surface area is 138 Å². The van der Waals surface area contributed by atoms with Crippen LogP contribution in [0.2, 0.25) is 0 Å². The summed E-state index contributed by atoms with van der Waals surface area (Å²) in [5.74, 6) is 1.29. The average molecular weight is 389 g/mol. The second-order valence-electron chi connectivity index (χ2n) is 5.31. The van der Waals surface area contributed by atoms with E-state index < -0.39 is 0 Å². The van der Waals surface area contributed by atoms with Crippen LogP contribution in [0.3, 0.4) is 0 Å². The molecule has 2 rings (SSSR count). The van der Waals surface area contributed by atoms with Gasteiger partial charge in [0.25, 0.3) is 0 Å². The van der Waals surface area contributed by atoms with Gasteiger partial charge >= 0.3 is 0 Å². The Balaban J connectivity index is 0.00000200. The molecular weight excluding hydrogens is 365 g/mol. The zero-order valence-corrected chi connectivity index (χ0v) is 14.5. The summed E-state index contributed by atoms with van der Waals surface area (Å²) in [6, 6.07) is 7.68. The van der Waals surface area contributed by atoms with Crippen LogP contribution in [0.25, 0.3) is 0 Å². The zero-order chi connectivity index (χ0) is 13.7. The van der Waals surface area contributed by atoms with Crippen LogP contribution in [-0.4, -0.2) is 19.6 Å². The van der Waals surface area contributed by atoms with E-state index in [0.29, 0.717) is 11.4 Å². The van der Waals surface area contributed by atoms with Gasteiger partial charge in [-0.15, -0.1) is 24.0 Å². The second-order valence-corrected chi connectivity index (χ2v) is 5.31. The van der Waals surface area contributed by atoms with Crippen LogP contribution in [0, 0.1) is 5.41 Å². The number of aliphatic imine (C=N–C) groups is 1. The first-order valence-corrected chi connectivity index (χ1v) is 6.88. The number of methoxy groups -OCH3 is 1. The number of nitrogens with two attached hydrogens (primary N) is 1. The van der Waals surface area contributed by atoms with E-state index in [0.717, 1.165) is 18.0 Å². The van der Waals surface area contributed by atoms with Crippen molar-refractivity contribution in [2.75, 3.05) is 19.0 Å². The molecule has 1 aromatic carbocycles. The third-order valence-electron chi connectivity index (χ3n) is 3.66. The molecule has 1 saturated carbocycles. The third-order valence-corrected chi connectivity index (χ3v) is 3.66. The molecule has 0 aliphatic heterocycles. The fourth-order valence-corrected chi connectivity index (χ4v) is 2.34. The molecule has 3 N–H and O–H groups in total. The number of anilines is 1. The van der Waals surface area contributed by atoms with Gasteiger partial charge in [0, 0.05) is 18.3 Å². The molecule has 0 aromatic heterocycles. The number of nitrogens with one attached hydrogen (secondary N) is 1. The molecule has 0 radical (unpaired) electrons. The summed E-state index contributed by atoms with van der Waals surface area (Å²) < 4.78 is 5.17. The molecule has 0 saturated heterocycles.